The minimum Gasteiger partial charge on any atom is -0.495 e. The average molecular weight is 383 g/mol. The van der Waals surface area contributed by atoms with Crippen LogP contribution in [0.3, 0.4) is 0 Å². The summed E-state index contributed by atoms with van der Waals surface area (Å²) < 4.78 is 32.7. The summed E-state index contributed by atoms with van der Waals surface area (Å²) in [6, 6.07) is 5.13. The molecule has 7 heteroatoms. The van der Waals surface area contributed by atoms with E-state index in [-0.39, 0.29) is 22.1 Å². The molecule has 1 amide bonds. The number of sulfonamides is 1. The van der Waals surface area contributed by atoms with Crippen LogP contribution in [0.15, 0.2) is 23.1 Å². The summed E-state index contributed by atoms with van der Waals surface area (Å²) in [5.74, 6) is 0.231. The molecule has 0 aliphatic carbocycles. The number of benzene rings is 1. The van der Waals surface area contributed by atoms with Gasteiger partial charge in [0.25, 0.3) is 0 Å². The number of rotatable bonds is 5. The zero-order valence-corrected chi connectivity index (χ0v) is 17.1. The smallest absolute Gasteiger partial charge is 0.246 e. The lowest BCUT2D eigenvalue weighted by Gasteiger charge is -2.31. The molecule has 0 saturated carbocycles. The summed E-state index contributed by atoms with van der Waals surface area (Å²) in [6.45, 7) is 9.35. The van der Waals surface area contributed by atoms with Crippen LogP contribution in [0.25, 0.3) is 0 Å². The molecule has 0 unspecified atom stereocenters. The number of methoxy groups -OCH3 is 1. The fourth-order valence-electron chi connectivity index (χ4n) is 2.98. The molecule has 146 valence electrons. The van der Waals surface area contributed by atoms with Crippen molar-refractivity contribution >= 4 is 15.9 Å². The van der Waals surface area contributed by atoms with Crippen LogP contribution < -0.4 is 10.1 Å². The second-order valence-electron chi connectivity index (χ2n) is 8.11. The SMILES string of the molecule is COc1ccc(C)cc1S(=O)(=O)N1CCC(C(=O)NCC(C)(C)C)CC1. The summed E-state index contributed by atoms with van der Waals surface area (Å²) in [5.41, 5.74) is 0.891. The summed E-state index contributed by atoms with van der Waals surface area (Å²) >= 11 is 0. The topological polar surface area (TPSA) is 75.7 Å². The fourth-order valence-corrected chi connectivity index (χ4v) is 4.69. The largest absolute Gasteiger partial charge is 0.495 e. The van der Waals surface area contributed by atoms with Crippen molar-refractivity contribution in [2.45, 2.75) is 45.4 Å². The monoisotopic (exact) mass is 382 g/mol. The summed E-state index contributed by atoms with van der Waals surface area (Å²) in [7, 11) is -2.17. The van der Waals surface area contributed by atoms with Crippen LogP contribution in [0, 0.1) is 18.3 Å². The molecule has 1 heterocycles. The van der Waals surface area contributed by atoms with Crippen LogP contribution in [0.2, 0.25) is 0 Å². The third-order valence-electron chi connectivity index (χ3n) is 4.55. The van der Waals surface area contributed by atoms with Gasteiger partial charge >= 0.3 is 0 Å². The molecule has 6 nitrogen and oxygen atoms in total. The molecule has 1 aliphatic heterocycles. The third-order valence-corrected chi connectivity index (χ3v) is 6.47. The molecule has 1 fully saturated rings. The van der Waals surface area contributed by atoms with E-state index < -0.39 is 10.0 Å². The lowest BCUT2D eigenvalue weighted by molar-refractivity contribution is -0.126. The van der Waals surface area contributed by atoms with Crippen LogP contribution in [-0.2, 0) is 14.8 Å². The van der Waals surface area contributed by atoms with Gasteiger partial charge in [-0.2, -0.15) is 4.31 Å². The quantitative estimate of drug-likeness (QED) is 0.849. The molecule has 1 aromatic rings. The minimum absolute atomic E-state index is 0.0186. The van der Waals surface area contributed by atoms with E-state index >= 15 is 0 Å². The van der Waals surface area contributed by atoms with E-state index in [1.165, 1.54) is 11.4 Å². The van der Waals surface area contributed by atoms with Gasteiger partial charge in [0.15, 0.2) is 0 Å². The first-order chi connectivity index (χ1) is 12.0. The molecular weight excluding hydrogens is 352 g/mol. The lowest BCUT2D eigenvalue weighted by atomic mass is 9.94. The Morgan fingerprint density at radius 1 is 1.27 bits per heavy atom. The Bertz CT molecular complexity index is 745. The van der Waals surface area contributed by atoms with Gasteiger partial charge in [0.05, 0.1) is 7.11 Å². The van der Waals surface area contributed by atoms with Gasteiger partial charge in [-0.05, 0) is 42.9 Å². The highest BCUT2D eigenvalue weighted by Gasteiger charge is 2.33. The van der Waals surface area contributed by atoms with E-state index in [0.29, 0.717) is 38.2 Å². The standard InChI is InChI=1S/C19H30N2O4S/c1-14-6-7-16(25-5)17(12-14)26(23,24)21-10-8-15(9-11-21)18(22)20-13-19(2,3)4/h6-7,12,15H,8-11,13H2,1-5H3,(H,20,22). The molecule has 0 radical (unpaired) electrons. The first-order valence-corrected chi connectivity index (χ1v) is 10.4. The van der Waals surface area contributed by atoms with Crippen LogP contribution in [-0.4, -0.2) is 45.4 Å². The number of hydrogen-bond acceptors (Lipinski definition) is 4. The predicted octanol–water partition coefficient (Wildman–Crippen LogP) is 2.57. The zero-order chi connectivity index (χ0) is 19.5. The number of amides is 1. The number of carbonyl (C=O) groups is 1. The molecule has 1 saturated heterocycles. The van der Waals surface area contributed by atoms with Gasteiger partial charge in [-0.15, -0.1) is 0 Å². The van der Waals surface area contributed by atoms with Crippen molar-refractivity contribution in [1.29, 1.82) is 0 Å². The van der Waals surface area contributed by atoms with Gasteiger partial charge in [-0.1, -0.05) is 26.8 Å². The first-order valence-electron chi connectivity index (χ1n) is 8.97. The number of ether oxygens (including phenoxy) is 1. The molecule has 1 aliphatic rings. The number of nitrogens with zero attached hydrogens (tertiary/aromatic N) is 1. The summed E-state index contributed by atoms with van der Waals surface area (Å²) in [6.07, 6.45) is 1.06. The lowest BCUT2D eigenvalue weighted by Crippen LogP contribution is -2.44. The Hall–Kier alpha value is -1.60. The van der Waals surface area contributed by atoms with E-state index in [9.17, 15) is 13.2 Å². The number of aryl methyl sites for hydroxylation is 1. The molecular formula is C19H30N2O4S. The molecule has 2 rings (SSSR count). The second kappa shape index (κ2) is 7.96. The normalized spacial score (nSPS) is 17.1. The molecule has 1 N–H and O–H groups in total. The van der Waals surface area contributed by atoms with Gasteiger partial charge in [0, 0.05) is 25.6 Å². The van der Waals surface area contributed by atoms with Crippen LogP contribution in [0.1, 0.15) is 39.2 Å². The predicted molar refractivity (Wildman–Crippen MR) is 102 cm³/mol. The Kier molecular flexibility index (Phi) is 6.34. The second-order valence-corrected chi connectivity index (χ2v) is 10.0. The van der Waals surface area contributed by atoms with Crippen molar-refractivity contribution in [2.75, 3.05) is 26.7 Å². The molecule has 26 heavy (non-hydrogen) atoms. The number of hydrogen-bond donors (Lipinski definition) is 1. The maximum atomic E-state index is 13.0. The van der Waals surface area contributed by atoms with Gasteiger partial charge in [0.1, 0.15) is 10.6 Å². The summed E-state index contributed by atoms with van der Waals surface area (Å²) in [4.78, 5) is 12.5. The van der Waals surface area contributed by atoms with Crippen molar-refractivity contribution < 1.29 is 17.9 Å². The van der Waals surface area contributed by atoms with E-state index in [1.807, 2.05) is 13.0 Å². The Balaban J connectivity index is 2.05. The highest BCUT2D eigenvalue weighted by Crippen LogP contribution is 2.30. The molecule has 0 spiro atoms. The van der Waals surface area contributed by atoms with Gasteiger partial charge in [-0.25, -0.2) is 8.42 Å². The third kappa shape index (κ3) is 4.98. The van der Waals surface area contributed by atoms with Crippen molar-refractivity contribution in [2.24, 2.45) is 11.3 Å². The molecule has 0 atom stereocenters. The molecule has 0 aromatic heterocycles. The minimum atomic E-state index is -3.64. The Morgan fingerprint density at radius 3 is 2.42 bits per heavy atom. The van der Waals surface area contributed by atoms with Gasteiger partial charge in [0.2, 0.25) is 15.9 Å². The zero-order valence-electron chi connectivity index (χ0n) is 16.3. The van der Waals surface area contributed by atoms with Crippen molar-refractivity contribution in [3.8, 4) is 5.75 Å². The first kappa shape index (κ1) is 20.7. The fraction of sp³-hybridized carbons (Fsp3) is 0.632. The van der Waals surface area contributed by atoms with Crippen molar-refractivity contribution in [3.05, 3.63) is 23.8 Å². The maximum absolute atomic E-state index is 13.0. The van der Waals surface area contributed by atoms with E-state index in [4.69, 9.17) is 4.74 Å². The Labute approximate surface area is 157 Å². The van der Waals surface area contributed by atoms with E-state index in [2.05, 4.69) is 26.1 Å². The highest BCUT2D eigenvalue weighted by atomic mass is 32.2. The number of carbonyl (C=O) groups excluding carboxylic acids is 1. The van der Waals surface area contributed by atoms with Gasteiger partial charge in [-0.3, -0.25) is 4.79 Å². The number of nitrogens with one attached hydrogen (secondary N) is 1. The highest BCUT2D eigenvalue weighted by molar-refractivity contribution is 7.89. The molecule has 1 aromatic carbocycles. The Morgan fingerprint density at radius 2 is 1.88 bits per heavy atom. The van der Waals surface area contributed by atoms with Crippen LogP contribution in [0.5, 0.6) is 5.75 Å². The van der Waals surface area contributed by atoms with E-state index in [1.54, 1.807) is 12.1 Å². The van der Waals surface area contributed by atoms with Crippen molar-refractivity contribution in [3.63, 3.8) is 0 Å². The molecule has 0 bridgehead atoms. The van der Waals surface area contributed by atoms with Crippen molar-refractivity contribution in [1.82, 2.24) is 9.62 Å². The van der Waals surface area contributed by atoms with Crippen LogP contribution in [0.4, 0.5) is 0 Å². The average Bonchev–Trinajstić information content (AvgIpc) is 2.59. The summed E-state index contributed by atoms with van der Waals surface area (Å²) in [5, 5.41) is 2.98. The van der Waals surface area contributed by atoms with E-state index in [0.717, 1.165) is 5.56 Å². The van der Waals surface area contributed by atoms with Crippen LogP contribution >= 0.6 is 0 Å². The number of piperidine rings is 1. The van der Waals surface area contributed by atoms with Gasteiger partial charge < -0.3 is 10.1 Å². The maximum Gasteiger partial charge on any atom is 0.246 e.